The molecule has 2 nitrogen and oxygen atoms in total. The third kappa shape index (κ3) is 2.55. The van der Waals surface area contributed by atoms with E-state index < -0.39 is 0 Å². The van der Waals surface area contributed by atoms with Crippen LogP contribution in [0, 0.1) is 0 Å². The third-order valence-electron chi connectivity index (χ3n) is 2.40. The van der Waals surface area contributed by atoms with Crippen LogP contribution in [0.4, 0.5) is 5.82 Å². The van der Waals surface area contributed by atoms with Crippen molar-refractivity contribution in [3.63, 3.8) is 0 Å². The Kier molecular flexibility index (Phi) is 3.30. The van der Waals surface area contributed by atoms with E-state index >= 15 is 0 Å². The number of rotatable bonds is 2. The number of benzene rings is 1. The predicted octanol–water partition coefficient (Wildman–Crippen LogP) is 4.10. The summed E-state index contributed by atoms with van der Waals surface area (Å²) in [6.07, 6.45) is 1.76. The molecule has 3 rings (SSSR count). The SMILES string of the molecule is c1ccc(-c2cc(=Nc3ccccn3)ss2)cc1. The molecule has 0 radical (unpaired) electrons. The summed E-state index contributed by atoms with van der Waals surface area (Å²) in [6.45, 7) is 0. The highest BCUT2D eigenvalue weighted by Crippen LogP contribution is 2.24. The van der Waals surface area contributed by atoms with Crippen LogP contribution in [0.1, 0.15) is 0 Å². The van der Waals surface area contributed by atoms with Crippen LogP contribution >= 0.6 is 20.7 Å². The summed E-state index contributed by atoms with van der Waals surface area (Å²) in [4.78, 5) is 9.95. The highest BCUT2D eigenvalue weighted by atomic mass is 32.9. The van der Waals surface area contributed by atoms with E-state index in [9.17, 15) is 0 Å². The molecule has 0 aliphatic rings. The molecule has 0 N–H and O–H groups in total. The fourth-order valence-electron chi connectivity index (χ4n) is 1.57. The van der Waals surface area contributed by atoms with Gasteiger partial charge in [0.25, 0.3) is 0 Å². The molecule has 3 aromatic rings. The summed E-state index contributed by atoms with van der Waals surface area (Å²) in [5, 5.41) is 0. The van der Waals surface area contributed by atoms with E-state index in [-0.39, 0.29) is 0 Å². The van der Waals surface area contributed by atoms with Crippen molar-refractivity contribution in [3.05, 3.63) is 65.5 Å². The minimum Gasteiger partial charge on any atom is -0.237 e. The summed E-state index contributed by atoms with van der Waals surface area (Å²) in [6, 6.07) is 18.2. The lowest BCUT2D eigenvalue weighted by Gasteiger charge is -1.92. The average Bonchev–Trinajstić information content (AvgIpc) is 2.89. The number of hydrogen-bond acceptors (Lipinski definition) is 4. The largest absolute Gasteiger partial charge is 0.237 e. The monoisotopic (exact) mass is 270 g/mol. The second-order valence-corrected chi connectivity index (χ2v) is 5.87. The van der Waals surface area contributed by atoms with Crippen molar-refractivity contribution in [1.82, 2.24) is 4.98 Å². The van der Waals surface area contributed by atoms with E-state index in [4.69, 9.17) is 0 Å². The Labute approximate surface area is 112 Å². The maximum absolute atomic E-state index is 4.51. The van der Waals surface area contributed by atoms with Gasteiger partial charge in [0.2, 0.25) is 0 Å². The molecule has 2 aromatic heterocycles. The molecular weight excluding hydrogens is 260 g/mol. The highest BCUT2D eigenvalue weighted by Gasteiger charge is 1.99. The van der Waals surface area contributed by atoms with Gasteiger partial charge in [-0.1, -0.05) is 57.1 Å². The Hall–Kier alpha value is -1.78. The molecule has 0 saturated carbocycles. The van der Waals surface area contributed by atoms with E-state index in [1.54, 1.807) is 26.9 Å². The molecule has 0 unspecified atom stereocenters. The van der Waals surface area contributed by atoms with Gasteiger partial charge in [-0.25, -0.2) is 9.98 Å². The van der Waals surface area contributed by atoms with Gasteiger partial charge in [-0.3, -0.25) is 0 Å². The van der Waals surface area contributed by atoms with Gasteiger partial charge < -0.3 is 0 Å². The second-order valence-electron chi connectivity index (χ2n) is 3.68. The van der Waals surface area contributed by atoms with Crippen LogP contribution in [0.2, 0.25) is 0 Å². The Bertz CT molecular complexity index is 684. The Balaban J connectivity index is 1.98. The average molecular weight is 270 g/mol. The summed E-state index contributed by atoms with van der Waals surface area (Å²) >= 11 is 0. The van der Waals surface area contributed by atoms with Gasteiger partial charge in [0.15, 0.2) is 5.82 Å². The third-order valence-corrected chi connectivity index (χ3v) is 4.70. The normalized spacial score (nSPS) is 11.7. The number of aromatic nitrogens is 1. The van der Waals surface area contributed by atoms with Crippen LogP contribution in [-0.4, -0.2) is 4.98 Å². The molecule has 4 heteroatoms. The van der Waals surface area contributed by atoms with E-state index in [1.807, 2.05) is 24.3 Å². The van der Waals surface area contributed by atoms with Crippen molar-refractivity contribution in [2.75, 3.05) is 0 Å². The van der Waals surface area contributed by atoms with E-state index in [1.165, 1.54) is 10.4 Å². The maximum Gasteiger partial charge on any atom is 0.153 e. The van der Waals surface area contributed by atoms with Crippen molar-refractivity contribution in [3.8, 4) is 10.4 Å². The summed E-state index contributed by atoms with van der Waals surface area (Å²) in [5.41, 5.74) is 1.24. The fourth-order valence-corrected chi connectivity index (χ4v) is 3.72. The molecule has 0 spiro atoms. The fraction of sp³-hybridized carbons (Fsp3) is 0. The first-order chi connectivity index (χ1) is 8.92. The van der Waals surface area contributed by atoms with Gasteiger partial charge in [-0.15, -0.1) is 0 Å². The maximum atomic E-state index is 4.51. The molecule has 0 fully saturated rings. The first-order valence-electron chi connectivity index (χ1n) is 5.53. The second kappa shape index (κ2) is 5.25. The van der Waals surface area contributed by atoms with Gasteiger partial charge in [-0.05, 0) is 23.8 Å². The molecular formula is C14H10N2S2. The highest BCUT2D eigenvalue weighted by molar-refractivity contribution is 7.69. The predicted molar refractivity (Wildman–Crippen MR) is 77.1 cm³/mol. The zero-order valence-electron chi connectivity index (χ0n) is 9.48. The summed E-state index contributed by atoms with van der Waals surface area (Å²) in [7, 11) is 3.42. The van der Waals surface area contributed by atoms with Crippen LogP contribution in [0.5, 0.6) is 0 Å². The Morgan fingerprint density at radius 2 is 1.72 bits per heavy atom. The molecule has 18 heavy (non-hydrogen) atoms. The van der Waals surface area contributed by atoms with Crippen LogP contribution in [0.15, 0.2) is 65.8 Å². The Morgan fingerprint density at radius 1 is 0.889 bits per heavy atom. The van der Waals surface area contributed by atoms with Crippen molar-refractivity contribution >= 4 is 26.5 Å². The van der Waals surface area contributed by atoms with Crippen molar-refractivity contribution in [2.24, 2.45) is 4.99 Å². The van der Waals surface area contributed by atoms with Gasteiger partial charge in [-0.2, -0.15) is 0 Å². The number of nitrogens with zero attached hydrogens (tertiary/aromatic N) is 2. The molecule has 0 aliphatic carbocycles. The molecule has 0 amide bonds. The minimum atomic E-state index is 0.756. The van der Waals surface area contributed by atoms with E-state index in [2.05, 4.69) is 40.3 Å². The topological polar surface area (TPSA) is 25.2 Å². The molecule has 2 heterocycles. The zero-order valence-corrected chi connectivity index (χ0v) is 11.1. The molecule has 0 bridgehead atoms. The van der Waals surface area contributed by atoms with E-state index in [0.717, 1.165) is 10.5 Å². The Morgan fingerprint density at radius 3 is 2.50 bits per heavy atom. The van der Waals surface area contributed by atoms with Crippen LogP contribution in [0.3, 0.4) is 0 Å². The molecule has 88 valence electrons. The molecule has 0 atom stereocenters. The lowest BCUT2D eigenvalue weighted by atomic mass is 10.2. The quantitative estimate of drug-likeness (QED) is 0.643. The van der Waals surface area contributed by atoms with Crippen LogP contribution in [-0.2, 0) is 0 Å². The first-order valence-corrected chi connectivity index (χ1v) is 7.68. The van der Waals surface area contributed by atoms with E-state index in [0.29, 0.717) is 0 Å². The lowest BCUT2D eigenvalue weighted by Crippen LogP contribution is -1.89. The smallest absolute Gasteiger partial charge is 0.153 e. The first kappa shape index (κ1) is 11.3. The zero-order chi connectivity index (χ0) is 12.2. The lowest BCUT2D eigenvalue weighted by molar-refractivity contribution is 1.24. The number of hydrogen-bond donors (Lipinski definition) is 0. The van der Waals surface area contributed by atoms with Gasteiger partial charge >= 0.3 is 0 Å². The minimum absolute atomic E-state index is 0.756. The van der Waals surface area contributed by atoms with Crippen LogP contribution in [0.25, 0.3) is 10.4 Å². The van der Waals surface area contributed by atoms with Crippen molar-refractivity contribution < 1.29 is 0 Å². The summed E-state index contributed by atoms with van der Waals surface area (Å²) in [5.74, 6) is 0.756. The summed E-state index contributed by atoms with van der Waals surface area (Å²) < 4.78 is 0.998. The van der Waals surface area contributed by atoms with Gasteiger partial charge in [0.1, 0.15) is 4.67 Å². The molecule has 1 aromatic carbocycles. The van der Waals surface area contributed by atoms with Gasteiger partial charge in [0, 0.05) is 11.1 Å². The standard InChI is InChI=1S/C14H10N2S2/c1-2-6-11(7-3-1)12-10-14(18-17-12)16-13-8-4-5-9-15-13/h1-10H. The van der Waals surface area contributed by atoms with Gasteiger partial charge in [0.05, 0.1) is 0 Å². The number of pyridine rings is 1. The van der Waals surface area contributed by atoms with Crippen LogP contribution < -0.4 is 4.67 Å². The van der Waals surface area contributed by atoms with Crippen molar-refractivity contribution in [1.29, 1.82) is 0 Å². The van der Waals surface area contributed by atoms with Crippen molar-refractivity contribution in [2.45, 2.75) is 0 Å². The molecule has 0 aliphatic heterocycles. The molecule has 0 saturated heterocycles.